The van der Waals surface area contributed by atoms with Gasteiger partial charge in [0.15, 0.2) is 11.5 Å². The maximum atomic E-state index is 11.4. The summed E-state index contributed by atoms with van der Waals surface area (Å²) in [5.41, 5.74) is 0.636. The van der Waals surface area contributed by atoms with Crippen LogP contribution in [0.2, 0.25) is 0 Å². The second kappa shape index (κ2) is 5.03. The molecule has 0 bridgehead atoms. The summed E-state index contributed by atoms with van der Waals surface area (Å²) in [5.74, 6) is -0.144. The van der Waals surface area contributed by atoms with Crippen molar-refractivity contribution in [3.63, 3.8) is 0 Å². The molecule has 1 aliphatic rings. The normalized spacial score (nSPS) is 17.1. The molecular formula is C11H8BrNO4S. The van der Waals surface area contributed by atoms with E-state index < -0.39 is 11.1 Å². The molecule has 0 aliphatic carbocycles. The summed E-state index contributed by atoms with van der Waals surface area (Å²) in [5, 5.41) is 11.3. The first kappa shape index (κ1) is 13.0. The third-order valence-electron chi connectivity index (χ3n) is 2.23. The van der Waals surface area contributed by atoms with Gasteiger partial charge in [-0.2, -0.15) is 0 Å². The van der Waals surface area contributed by atoms with Gasteiger partial charge in [0.2, 0.25) is 0 Å². The number of hydrogen-bond donors (Lipinski definition) is 2. The van der Waals surface area contributed by atoms with Gasteiger partial charge >= 0.3 is 0 Å². The summed E-state index contributed by atoms with van der Waals surface area (Å²) in [6.07, 6.45) is 1.55. The Morgan fingerprint density at radius 2 is 2.17 bits per heavy atom. The molecule has 2 N–H and O–H groups in total. The number of benzene rings is 1. The predicted molar refractivity (Wildman–Crippen MR) is 71.5 cm³/mol. The highest BCUT2D eigenvalue weighted by atomic mass is 79.9. The molecule has 0 radical (unpaired) electrons. The molecule has 5 nitrogen and oxygen atoms in total. The van der Waals surface area contributed by atoms with Crippen LogP contribution in [0.15, 0.2) is 21.5 Å². The van der Waals surface area contributed by atoms with Crippen LogP contribution in [-0.2, 0) is 4.79 Å². The van der Waals surface area contributed by atoms with Crippen molar-refractivity contribution in [2.75, 3.05) is 7.11 Å². The number of hydrogen-bond acceptors (Lipinski definition) is 5. The van der Waals surface area contributed by atoms with Crippen LogP contribution in [0.5, 0.6) is 11.5 Å². The van der Waals surface area contributed by atoms with Crippen molar-refractivity contribution in [1.82, 2.24) is 5.32 Å². The Morgan fingerprint density at radius 3 is 2.72 bits per heavy atom. The quantitative estimate of drug-likeness (QED) is 0.815. The maximum absolute atomic E-state index is 11.4. The van der Waals surface area contributed by atoms with Crippen molar-refractivity contribution in [3.8, 4) is 11.5 Å². The van der Waals surface area contributed by atoms with E-state index in [1.54, 1.807) is 12.1 Å². The smallest absolute Gasteiger partial charge is 0.290 e. The van der Waals surface area contributed by atoms with Gasteiger partial charge in [-0.1, -0.05) is 15.9 Å². The van der Waals surface area contributed by atoms with E-state index >= 15 is 0 Å². The summed E-state index contributed by atoms with van der Waals surface area (Å²) in [7, 11) is 1.43. The SMILES string of the molecule is COc1cc(/C=C2/SC(=O)NC2=O)c(Br)cc1O. The number of carbonyl (C=O) groups excluding carboxylic acids is 2. The van der Waals surface area contributed by atoms with Crippen LogP contribution in [0.3, 0.4) is 0 Å². The third kappa shape index (κ3) is 2.51. The number of thioether (sulfide) groups is 1. The van der Waals surface area contributed by atoms with Crippen LogP contribution < -0.4 is 10.1 Å². The lowest BCUT2D eigenvalue weighted by Crippen LogP contribution is -2.17. The van der Waals surface area contributed by atoms with Crippen molar-refractivity contribution in [2.24, 2.45) is 0 Å². The molecular weight excluding hydrogens is 322 g/mol. The average molecular weight is 330 g/mol. The molecule has 1 heterocycles. The number of nitrogens with one attached hydrogen (secondary N) is 1. The number of phenolic OH excluding ortho intramolecular Hbond substituents is 1. The highest BCUT2D eigenvalue weighted by molar-refractivity contribution is 9.10. The number of carbonyl (C=O) groups is 2. The molecule has 18 heavy (non-hydrogen) atoms. The number of halogens is 1. The zero-order valence-corrected chi connectivity index (χ0v) is 11.6. The van der Waals surface area contributed by atoms with E-state index in [0.717, 1.165) is 11.8 Å². The minimum atomic E-state index is -0.427. The topological polar surface area (TPSA) is 75.6 Å². The van der Waals surface area contributed by atoms with E-state index in [-0.39, 0.29) is 5.75 Å². The van der Waals surface area contributed by atoms with Gasteiger partial charge < -0.3 is 9.84 Å². The molecule has 94 valence electrons. The van der Waals surface area contributed by atoms with Crippen LogP contribution in [0, 0.1) is 0 Å². The summed E-state index contributed by atoms with van der Waals surface area (Å²) >= 11 is 4.10. The van der Waals surface area contributed by atoms with Gasteiger partial charge in [-0.25, -0.2) is 0 Å². The van der Waals surface area contributed by atoms with Crippen molar-refractivity contribution in [2.45, 2.75) is 0 Å². The standard InChI is InChI=1S/C11H8BrNO4S/c1-17-8-2-5(6(12)4-7(8)14)3-9-10(15)13-11(16)18-9/h2-4,14H,1H3,(H,13,15,16)/b9-3+. The van der Waals surface area contributed by atoms with Gasteiger partial charge in [-0.3, -0.25) is 14.9 Å². The summed E-state index contributed by atoms with van der Waals surface area (Å²) in [4.78, 5) is 22.7. The Hall–Kier alpha value is -1.47. The summed E-state index contributed by atoms with van der Waals surface area (Å²) in [6, 6.07) is 3.04. The maximum Gasteiger partial charge on any atom is 0.290 e. The zero-order chi connectivity index (χ0) is 13.3. The lowest BCUT2D eigenvalue weighted by Gasteiger charge is -2.06. The minimum Gasteiger partial charge on any atom is -0.504 e. The van der Waals surface area contributed by atoms with E-state index in [9.17, 15) is 14.7 Å². The number of methoxy groups -OCH3 is 1. The highest BCUT2D eigenvalue weighted by Gasteiger charge is 2.25. The largest absolute Gasteiger partial charge is 0.504 e. The van der Waals surface area contributed by atoms with E-state index in [1.807, 2.05) is 0 Å². The first-order valence-electron chi connectivity index (χ1n) is 4.82. The van der Waals surface area contributed by atoms with E-state index in [0.29, 0.717) is 20.7 Å². The van der Waals surface area contributed by atoms with Crippen molar-refractivity contribution < 1.29 is 19.4 Å². The number of imide groups is 1. The minimum absolute atomic E-state index is 0.00821. The predicted octanol–water partition coefficient (Wildman–Crippen LogP) is 2.49. The van der Waals surface area contributed by atoms with Gasteiger partial charge in [-0.05, 0) is 35.5 Å². The van der Waals surface area contributed by atoms with Gasteiger partial charge in [0.05, 0.1) is 12.0 Å². The molecule has 2 rings (SSSR count). The second-order valence-corrected chi connectivity index (χ2v) is 5.27. The first-order valence-corrected chi connectivity index (χ1v) is 6.43. The Labute approximate surface area is 115 Å². The molecule has 7 heteroatoms. The second-order valence-electron chi connectivity index (χ2n) is 3.40. The summed E-state index contributed by atoms with van der Waals surface area (Å²) < 4.78 is 5.58. The van der Waals surface area contributed by atoms with Crippen molar-refractivity contribution >= 4 is 44.9 Å². The fourth-order valence-electron chi connectivity index (χ4n) is 1.39. The zero-order valence-electron chi connectivity index (χ0n) is 9.19. The van der Waals surface area contributed by atoms with Gasteiger partial charge in [-0.15, -0.1) is 0 Å². The van der Waals surface area contributed by atoms with Gasteiger partial charge in [0, 0.05) is 4.47 Å². The van der Waals surface area contributed by atoms with Crippen LogP contribution in [-0.4, -0.2) is 23.4 Å². The molecule has 0 atom stereocenters. The molecule has 0 unspecified atom stereocenters. The number of phenols is 1. The molecule has 1 aromatic rings. The van der Waals surface area contributed by atoms with Crippen molar-refractivity contribution in [1.29, 1.82) is 0 Å². The van der Waals surface area contributed by atoms with E-state index in [4.69, 9.17) is 4.74 Å². The Balaban J connectivity index is 2.43. The lowest BCUT2D eigenvalue weighted by molar-refractivity contribution is -0.115. The monoisotopic (exact) mass is 329 g/mol. The van der Waals surface area contributed by atoms with Crippen LogP contribution in [0.25, 0.3) is 6.08 Å². The molecule has 1 aromatic carbocycles. The van der Waals surface area contributed by atoms with Crippen LogP contribution >= 0.6 is 27.7 Å². The van der Waals surface area contributed by atoms with Gasteiger partial charge in [0.25, 0.3) is 11.1 Å². The van der Waals surface area contributed by atoms with Crippen molar-refractivity contribution in [3.05, 3.63) is 27.1 Å². The number of aromatic hydroxyl groups is 1. The highest BCUT2D eigenvalue weighted by Crippen LogP contribution is 2.35. The molecule has 1 saturated heterocycles. The number of ether oxygens (including phenoxy) is 1. The Bertz CT molecular complexity index is 570. The molecule has 1 aliphatic heterocycles. The van der Waals surface area contributed by atoms with Crippen LogP contribution in [0.4, 0.5) is 4.79 Å². The number of amides is 2. The lowest BCUT2D eigenvalue weighted by atomic mass is 10.2. The first-order chi connectivity index (χ1) is 8.51. The molecule has 0 saturated carbocycles. The summed E-state index contributed by atoms with van der Waals surface area (Å²) in [6.45, 7) is 0. The van der Waals surface area contributed by atoms with E-state index in [1.165, 1.54) is 13.2 Å². The average Bonchev–Trinajstić information content (AvgIpc) is 2.61. The number of rotatable bonds is 2. The Kier molecular flexibility index (Phi) is 3.63. The molecule has 0 spiro atoms. The fraction of sp³-hybridized carbons (Fsp3) is 0.0909. The molecule has 0 aromatic heterocycles. The van der Waals surface area contributed by atoms with Crippen LogP contribution in [0.1, 0.15) is 5.56 Å². The van der Waals surface area contributed by atoms with E-state index in [2.05, 4.69) is 21.2 Å². The molecule has 2 amide bonds. The van der Waals surface area contributed by atoms with Gasteiger partial charge in [0.1, 0.15) is 0 Å². The fourth-order valence-corrected chi connectivity index (χ4v) is 2.51. The third-order valence-corrected chi connectivity index (χ3v) is 3.72. The molecule has 1 fully saturated rings. The Morgan fingerprint density at radius 1 is 1.44 bits per heavy atom.